The Bertz CT molecular complexity index is 386. The summed E-state index contributed by atoms with van der Waals surface area (Å²) in [4.78, 5) is 0. The zero-order valence-corrected chi connectivity index (χ0v) is 11.8. The number of aryl methyl sites for hydroxylation is 1. The molecule has 18 heavy (non-hydrogen) atoms. The standard InChI is InChI=1S/C13H22N4S/c1-9-16-17-13(18-9)15-12-6-3-2-5-10(12)11-7-4-8-14-11/h10-12,14H,2-8H2,1H3,(H,15,17). The summed E-state index contributed by atoms with van der Waals surface area (Å²) < 4.78 is 0. The first-order valence-corrected chi connectivity index (χ1v) is 7.94. The van der Waals surface area contributed by atoms with E-state index in [2.05, 4.69) is 20.8 Å². The van der Waals surface area contributed by atoms with Crippen molar-refractivity contribution in [3.8, 4) is 0 Å². The average molecular weight is 266 g/mol. The quantitative estimate of drug-likeness (QED) is 0.883. The molecule has 2 N–H and O–H groups in total. The van der Waals surface area contributed by atoms with Crippen LogP contribution in [0.5, 0.6) is 0 Å². The Balaban J connectivity index is 1.67. The van der Waals surface area contributed by atoms with Crippen molar-refractivity contribution in [2.45, 2.75) is 57.5 Å². The highest BCUT2D eigenvalue weighted by atomic mass is 32.1. The van der Waals surface area contributed by atoms with Crippen molar-refractivity contribution >= 4 is 16.5 Å². The molecule has 0 spiro atoms. The van der Waals surface area contributed by atoms with Gasteiger partial charge in [-0.05, 0) is 45.1 Å². The van der Waals surface area contributed by atoms with Gasteiger partial charge in [0.05, 0.1) is 0 Å². The van der Waals surface area contributed by atoms with Crippen LogP contribution >= 0.6 is 11.3 Å². The molecule has 3 unspecified atom stereocenters. The molecule has 0 aromatic carbocycles. The molecule has 0 amide bonds. The summed E-state index contributed by atoms with van der Waals surface area (Å²) in [7, 11) is 0. The molecule has 5 heteroatoms. The highest BCUT2D eigenvalue weighted by Crippen LogP contribution is 2.33. The maximum atomic E-state index is 4.21. The lowest BCUT2D eigenvalue weighted by Crippen LogP contribution is -2.43. The summed E-state index contributed by atoms with van der Waals surface area (Å²) in [5.74, 6) is 0.769. The molecule has 3 atom stereocenters. The van der Waals surface area contributed by atoms with E-state index in [9.17, 15) is 0 Å². The number of hydrogen-bond acceptors (Lipinski definition) is 5. The fourth-order valence-electron chi connectivity index (χ4n) is 3.41. The molecule has 2 fully saturated rings. The van der Waals surface area contributed by atoms with Gasteiger partial charge in [-0.2, -0.15) is 0 Å². The Morgan fingerprint density at radius 2 is 2.06 bits per heavy atom. The predicted octanol–water partition coefficient (Wildman–Crippen LogP) is 2.57. The summed E-state index contributed by atoms with van der Waals surface area (Å²) in [6.07, 6.45) is 8.05. The Labute approximate surface area is 113 Å². The SMILES string of the molecule is Cc1nnc(NC2CCCCC2C2CCCN2)s1. The van der Waals surface area contributed by atoms with Gasteiger partial charge >= 0.3 is 0 Å². The van der Waals surface area contributed by atoms with Gasteiger partial charge in [0.1, 0.15) is 5.01 Å². The zero-order valence-electron chi connectivity index (χ0n) is 11.0. The average Bonchev–Trinajstić information content (AvgIpc) is 3.02. The Morgan fingerprint density at radius 3 is 2.78 bits per heavy atom. The van der Waals surface area contributed by atoms with E-state index in [4.69, 9.17) is 0 Å². The van der Waals surface area contributed by atoms with Gasteiger partial charge in [-0.25, -0.2) is 0 Å². The smallest absolute Gasteiger partial charge is 0.205 e. The second kappa shape index (κ2) is 5.53. The summed E-state index contributed by atoms with van der Waals surface area (Å²) >= 11 is 1.67. The molecule has 100 valence electrons. The number of rotatable bonds is 3. The van der Waals surface area contributed by atoms with Crippen LogP contribution in [0.3, 0.4) is 0 Å². The molecular weight excluding hydrogens is 244 g/mol. The number of hydrogen-bond donors (Lipinski definition) is 2. The normalized spacial score (nSPS) is 32.6. The topological polar surface area (TPSA) is 49.8 Å². The molecule has 1 aromatic heterocycles. The predicted molar refractivity (Wildman–Crippen MR) is 75.0 cm³/mol. The maximum absolute atomic E-state index is 4.21. The third-order valence-electron chi connectivity index (χ3n) is 4.27. The first-order chi connectivity index (χ1) is 8.83. The Kier molecular flexibility index (Phi) is 3.80. The van der Waals surface area contributed by atoms with Crippen LogP contribution in [-0.2, 0) is 0 Å². The first kappa shape index (κ1) is 12.4. The van der Waals surface area contributed by atoms with Gasteiger partial charge in [0.15, 0.2) is 0 Å². The zero-order chi connectivity index (χ0) is 12.4. The van der Waals surface area contributed by atoms with Gasteiger partial charge in [-0.15, -0.1) is 10.2 Å². The van der Waals surface area contributed by atoms with Crippen LogP contribution in [0.15, 0.2) is 0 Å². The summed E-state index contributed by atoms with van der Waals surface area (Å²) in [6.45, 7) is 3.21. The minimum atomic E-state index is 0.585. The van der Waals surface area contributed by atoms with Crippen LogP contribution < -0.4 is 10.6 Å². The minimum absolute atomic E-state index is 0.585. The third kappa shape index (κ3) is 2.67. The maximum Gasteiger partial charge on any atom is 0.205 e. The van der Waals surface area contributed by atoms with Crippen molar-refractivity contribution in [2.24, 2.45) is 5.92 Å². The molecule has 1 aliphatic carbocycles. The molecule has 2 aliphatic rings. The van der Waals surface area contributed by atoms with E-state index in [1.165, 1.54) is 45.1 Å². The fraction of sp³-hybridized carbons (Fsp3) is 0.846. The lowest BCUT2D eigenvalue weighted by atomic mass is 9.79. The fourth-order valence-corrected chi connectivity index (χ4v) is 4.06. The molecular formula is C13H22N4S. The van der Waals surface area contributed by atoms with Crippen molar-refractivity contribution < 1.29 is 0 Å². The first-order valence-electron chi connectivity index (χ1n) is 7.13. The Hall–Kier alpha value is -0.680. The van der Waals surface area contributed by atoms with E-state index in [0.717, 1.165) is 22.1 Å². The summed E-state index contributed by atoms with van der Waals surface area (Å²) in [5, 5.41) is 17.7. The van der Waals surface area contributed by atoms with Crippen molar-refractivity contribution in [1.29, 1.82) is 0 Å². The van der Waals surface area contributed by atoms with Crippen LogP contribution in [0.4, 0.5) is 5.13 Å². The van der Waals surface area contributed by atoms with Gasteiger partial charge in [0, 0.05) is 12.1 Å². The van der Waals surface area contributed by atoms with E-state index >= 15 is 0 Å². The van der Waals surface area contributed by atoms with Crippen LogP contribution in [0.2, 0.25) is 0 Å². The van der Waals surface area contributed by atoms with Crippen LogP contribution in [0.25, 0.3) is 0 Å². The van der Waals surface area contributed by atoms with E-state index in [0.29, 0.717) is 6.04 Å². The van der Waals surface area contributed by atoms with Gasteiger partial charge in [-0.3, -0.25) is 0 Å². The monoisotopic (exact) mass is 266 g/mol. The third-order valence-corrected chi connectivity index (χ3v) is 5.04. The van der Waals surface area contributed by atoms with E-state index in [1.54, 1.807) is 11.3 Å². The second-order valence-corrected chi connectivity index (χ2v) is 6.71. The molecule has 1 aliphatic heterocycles. The molecule has 4 nitrogen and oxygen atoms in total. The van der Waals surface area contributed by atoms with E-state index in [1.807, 2.05) is 6.92 Å². The highest BCUT2D eigenvalue weighted by molar-refractivity contribution is 7.15. The van der Waals surface area contributed by atoms with Crippen molar-refractivity contribution in [2.75, 3.05) is 11.9 Å². The van der Waals surface area contributed by atoms with E-state index < -0.39 is 0 Å². The lowest BCUT2D eigenvalue weighted by Gasteiger charge is -2.36. The van der Waals surface area contributed by atoms with Gasteiger partial charge < -0.3 is 10.6 Å². The summed E-state index contributed by atoms with van der Waals surface area (Å²) in [5.41, 5.74) is 0. The van der Waals surface area contributed by atoms with Crippen LogP contribution in [0, 0.1) is 12.8 Å². The second-order valence-electron chi connectivity index (χ2n) is 5.53. The van der Waals surface area contributed by atoms with Gasteiger partial charge in [0.25, 0.3) is 0 Å². The molecule has 1 aromatic rings. The molecule has 0 bridgehead atoms. The van der Waals surface area contributed by atoms with Crippen LogP contribution in [-0.4, -0.2) is 28.8 Å². The minimum Gasteiger partial charge on any atom is -0.357 e. The Morgan fingerprint density at radius 1 is 1.17 bits per heavy atom. The largest absolute Gasteiger partial charge is 0.357 e. The highest BCUT2D eigenvalue weighted by Gasteiger charge is 2.33. The van der Waals surface area contributed by atoms with Crippen molar-refractivity contribution in [1.82, 2.24) is 15.5 Å². The lowest BCUT2D eigenvalue weighted by molar-refractivity contribution is 0.262. The van der Waals surface area contributed by atoms with E-state index in [-0.39, 0.29) is 0 Å². The molecule has 3 rings (SSSR count). The summed E-state index contributed by atoms with van der Waals surface area (Å²) in [6, 6.07) is 1.30. The van der Waals surface area contributed by atoms with Crippen molar-refractivity contribution in [3.05, 3.63) is 5.01 Å². The van der Waals surface area contributed by atoms with Gasteiger partial charge in [-0.1, -0.05) is 24.2 Å². The van der Waals surface area contributed by atoms with Gasteiger partial charge in [0.2, 0.25) is 5.13 Å². The number of anilines is 1. The van der Waals surface area contributed by atoms with Crippen molar-refractivity contribution in [3.63, 3.8) is 0 Å². The number of nitrogens with zero attached hydrogens (tertiary/aromatic N) is 2. The molecule has 1 saturated carbocycles. The molecule has 1 saturated heterocycles. The number of aromatic nitrogens is 2. The molecule has 0 radical (unpaired) electrons. The number of nitrogens with one attached hydrogen (secondary N) is 2. The van der Waals surface area contributed by atoms with Crippen LogP contribution in [0.1, 0.15) is 43.5 Å². The molecule has 2 heterocycles.